The van der Waals surface area contributed by atoms with Gasteiger partial charge in [-0.2, -0.15) is 0 Å². The van der Waals surface area contributed by atoms with E-state index in [9.17, 15) is 0 Å². The average molecular weight is 456 g/mol. The quantitative estimate of drug-likeness (QED) is 0.417. The van der Waals surface area contributed by atoms with Gasteiger partial charge < -0.3 is 24.4 Å². The second-order valence-corrected chi connectivity index (χ2v) is 7.73. The van der Waals surface area contributed by atoms with Gasteiger partial charge in [-0.05, 0) is 54.1 Å². The molecule has 2 aromatic carbocycles. The van der Waals surface area contributed by atoms with Crippen LogP contribution in [0.25, 0.3) is 0 Å². The van der Waals surface area contributed by atoms with Crippen molar-refractivity contribution in [3.63, 3.8) is 0 Å². The number of hydrogen-bond acceptors (Lipinski definition) is 8. The van der Waals surface area contributed by atoms with E-state index in [-0.39, 0.29) is 6.10 Å². The van der Waals surface area contributed by atoms with Gasteiger partial charge >= 0.3 is 0 Å². The minimum atomic E-state index is -0.0773. The summed E-state index contributed by atoms with van der Waals surface area (Å²) in [5.41, 5.74) is 2.01. The summed E-state index contributed by atoms with van der Waals surface area (Å²) >= 11 is 0. The molecule has 34 heavy (non-hydrogen) atoms. The first-order valence-electron chi connectivity index (χ1n) is 11.1. The molecule has 0 unspecified atom stereocenters. The Labute approximate surface area is 198 Å². The Hall–Kier alpha value is -4.17. The van der Waals surface area contributed by atoms with Crippen LogP contribution in [0.2, 0.25) is 0 Å². The second kappa shape index (κ2) is 10.2. The van der Waals surface area contributed by atoms with Crippen LogP contribution in [0.5, 0.6) is 17.4 Å². The number of pyridine rings is 1. The first-order chi connectivity index (χ1) is 16.8. The van der Waals surface area contributed by atoms with Gasteiger partial charge in [-0.25, -0.2) is 15.0 Å². The number of aromatic nitrogens is 3. The Bertz CT molecular complexity index is 1200. The molecule has 1 N–H and O–H groups in total. The molecule has 5 rings (SSSR count). The van der Waals surface area contributed by atoms with Gasteiger partial charge in [0.15, 0.2) is 5.82 Å². The summed E-state index contributed by atoms with van der Waals surface area (Å²) < 4.78 is 17.4. The Morgan fingerprint density at radius 2 is 1.68 bits per heavy atom. The monoisotopic (exact) mass is 455 g/mol. The lowest BCUT2D eigenvalue weighted by Gasteiger charge is -2.34. The number of anilines is 3. The molecule has 4 aromatic rings. The highest BCUT2D eigenvalue weighted by Gasteiger charge is 2.26. The van der Waals surface area contributed by atoms with Crippen molar-refractivity contribution in [2.24, 2.45) is 0 Å². The summed E-state index contributed by atoms with van der Waals surface area (Å²) in [5.74, 6) is 3.44. The lowest BCUT2D eigenvalue weighted by atomic mass is 10.1. The Balaban J connectivity index is 1.29. The van der Waals surface area contributed by atoms with Crippen molar-refractivity contribution in [1.29, 1.82) is 0 Å². The van der Waals surface area contributed by atoms with Crippen LogP contribution >= 0.6 is 0 Å². The molecule has 172 valence electrons. The lowest BCUT2D eigenvalue weighted by molar-refractivity contribution is 0.0393. The SMILES string of the molecule is COc1ccc([C@@H]2CN(c3nccnc3Oc3ccc(Nc4ccccn4)cc3)CCO2)cc1. The molecule has 1 fully saturated rings. The summed E-state index contributed by atoms with van der Waals surface area (Å²) in [6.07, 6.45) is 4.99. The highest BCUT2D eigenvalue weighted by atomic mass is 16.5. The van der Waals surface area contributed by atoms with Crippen LogP contribution in [0, 0.1) is 0 Å². The summed E-state index contributed by atoms with van der Waals surface area (Å²) in [6, 6.07) is 21.3. The zero-order chi connectivity index (χ0) is 23.2. The van der Waals surface area contributed by atoms with E-state index in [0.717, 1.165) is 22.8 Å². The van der Waals surface area contributed by atoms with E-state index in [1.807, 2.05) is 66.7 Å². The van der Waals surface area contributed by atoms with Crippen LogP contribution in [0.3, 0.4) is 0 Å². The van der Waals surface area contributed by atoms with Gasteiger partial charge in [0.1, 0.15) is 23.4 Å². The predicted octanol–water partition coefficient (Wildman–Crippen LogP) is 4.99. The standard InChI is InChI=1S/C26H25N5O3/c1-32-21-9-5-19(6-10-21)23-18-31(16-17-33-23)25-26(29-15-14-28-25)34-22-11-7-20(8-12-22)30-24-4-2-3-13-27-24/h2-15,23H,16-18H2,1H3,(H,27,30)/t23-/m0/s1. The summed E-state index contributed by atoms with van der Waals surface area (Å²) in [7, 11) is 1.66. The number of ether oxygens (including phenoxy) is 3. The normalized spacial score (nSPS) is 15.6. The summed E-state index contributed by atoms with van der Waals surface area (Å²) in [4.78, 5) is 15.5. The van der Waals surface area contributed by atoms with Crippen molar-refractivity contribution in [2.75, 3.05) is 37.0 Å². The van der Waals surface area contributed by atoms with E-state index in [4.69, 9.17) is 14.2 Å². The molecule has 0 spiro atoms. The van der Waals surface area contributed by atoms with Crippen LogP contribution in [-0.4, -0.2) is 41.8 Å². The topological polar surface area (TPSA) is 81.6 Å². The fourth-order valence-corrected chi connectivity index (χ4v) is 3.77. The Morgan fingerprint density at radius 3 is 2.44 bits per heavy atom. The van der Waals surface area contributed by atoms with Crippen molar-refractivity contribution in [2.45, 2.75) is 6.10 Å². The van der Waals surface area contributed by atoms with E-state index < -0.39 is 0 Å². The number of morpholine rings is 1. The zero-order valence-electron chi connectivity index (χ0n) is 18.8. The van der Waals surface area contributed by atoms with Crippen molar-refractivity contribution in [3.8, 4) is 17.4 Å². The largest absolute Gasteiger partial charge is 0.497 e. The van der Waals surface area contributed by atoms with Crippen LogP contribution in [0.4, 0.5) is 17.3 Å². The fraction of sp³-hybridized carbons (Fsp3) is 0.192. The van der Waals surface area contributed by atoms with Crippen molar-refractivity contribution in [1.82, 2.24) is 15.0 Å². The van der Waals surface area contributed by atoms with Crippen LogP contribution in [-0.2, 0) is 4.74 Å². The third kappa shape index (κ3) is 5.07. The molecule has 0 aliphatic carbocycles. The molecule has 0 radical (unpaired) electrons. The number of nitrogens with zero attached hydrogens (tertiary/aromatic N) is 4. The zero-order valence-corrected chi connectivity index (χ0v) is 18.8. The van der Waals surface area contributed by atoms with Crippen LogP contribution in [0.15, 0.2) is 85.3 Å². The molecule has 8 nitrogen and oxygen atoms in total. The first-order valence-corrected chi connectivity index (χ1v) is 11.1. The predicted molar refractivity (Wildman–Crippen MR) is 130 cm³/mol. The van der Waals surface area contributed by atoms with E-state index in [2.05, 4.69) is 25.2 Å². The molecule has 0 saturated carbocycles. The molecule has 2 aromatic heterocycles. The smallest absolute Gasteiger partial charge is 0.263 e. The highest BCUT2D eigenvalue weighted by Crippen LogP contribution is 2.32. The molecule has 1 saturated heterocycles. The van der Waals surface area contributed by atoms with E-state index in [0.29, 0.717) is 37.1 Å². The summed E-state index contributed by atoms with van der Waals surface area (Å²) in [5, 5.41) is 3.26. The molecule has 3 heterocycles. The Kier molecular flexibility index (Phi) is 6.49. The number of benzene rings is 2. The number of hydrogen-bond donors (Lipinski definition) is 1. The summed E-state index contributed by atoms with van der Waals surface area (Å²) in [6.45, 7) is 1.93. The molecular weight excluding hydrogens is 430 g/mol. The maximum Gasteiger partial charge on any atom is 0.263 e. The molecule has 1 aliphatic heterocycles. The molecule has 0 bridgehead atoms. The van der Waals surface area contributed by atoms with Gasteiger partial charge in [0.05, 0.1) is 20.3 Å². The van der Waals surface area contributed by atoms with E-state index >= 15 is 0 Å². The number of rotatable bonds is 7. The van der Waals surface area contributed by atoms with Crippen molar-refractivity contribution < 1.29 is 14.2 Å². The minimum absolute atomic E-state index is 0.0773. The van der Waals surface area contributed by atoms with Gasteiger partial charge in [-0.3, -0.25) is 0 Å². The third-order valence-electron chi connectivity index (χ3n) is 5.51. The molecule has 1 atom stereocenters. The molecule has 0 amide bonds. The molecule has 8 heteroatoms. The number of methoxy groups -OCH3 is 1. The minimum Gasteiger partial charge on any atom is -0.497 e. The van der Waals surface area contributed by atoms with Crippen LogP contribution < -0.4 is 19.7 Å². The molecule has 1 aliphatic rings. The maximum absolute atomic E-state index is 6.12. The van der Waals surface area contributed by atoms with Crippen molar-refractivity contribution >= 4 is 17.3 Å². The lowest BCUT2D eigenvalue weighted by Crippen LogP contribution is -2.39. The molecular formula is C26H25N5O3. The van der Waals surface area contributed by atoms with Crippen molar-refractivity contribution in [3.05, 3.63) is 90.9 Å². The average Bonchev–Trinajstić information content (AvgIpc) is 2.91. The maximum atomic E-state index is 6.12. The van der Waals surface area contributed by atoms with Gasteiger partial charge in [0, 0.05) is 30.8 Å². The second-order valence-electron chi connectivity index (χ2n) is 7.73. The fourth-order valence-electron chi connectivity index (χ4n) is 3.77. The highest BCUT2D eigenvalue weighted by molar-refractivity contribution is 5.57. The van der Waals surface area contributed by atoms with E-state index in [1.165, 1.54) is 0 Å². The van der Waals surface area contributed by atoms with Gasteiger partial charge in [0.25, 0.3) is 5.88 Å². The first kappa shape index (κ1) is 21.7. The Morgan fingerprint density at radius 1 is 0.882 bits per heavy atom. The van der Waals surface area contributed by atoms with Gasteiger partial charge in [-0.15, -0.1) is 0 Å². The third-order valence-corrected chi connectivity index (χ3v) is 5.51. The van der Waals surface area contributed by atoms with Gasteiger partial charge in [-0.1, -0.05) is 18.2 Å². The van der Waals surface area contributed by atoms with Gasteiger partial charge in [0.2, 0.25) is 0 Å². The van der Waals surface area contributed by atoms with E-state index in [1.54, 1.807) is 25.7 Å². The van der Waals surface area contributed by atoms with Crippen LogP contribution in [0.1, 0.15) is 11.7 Å². The number of nitrogens with one attached hydrogen (secondary N) is 1.